The summed E-state index contributed by atoms with van der Waals surface area (Å²) >= 11 is 0. The average molecular weight is 482 g/mol. The molecule has 0 amide bonds. The van der Waals surface area contributed by atoms with E-state index in [1.165, 1.54) is 4.57 Å². The van der Waals surface area contributed by atoms with Gasteiger partial charge in [-0.1, -0.05) is 42.5 Å². The van der Waals surface area contributed by atoms with Crippen LogP contribution in [0, 0.1) is 0 Å². The maximum absolute atomic E-state index is 14.0. The second kappa shape index (κ2) is 10.3. The van der Waals surface area contributed by atoms with Gasteiger partial charge < -0.3 is 19.6 Å². The van der Waals surface area contributed by atoms with E-state index in [0.717, 1.165) is 5.56 Å². The van der Waals surface area contributed by atoms with E-state index >= 15 is 0 Å². The van der Waals surface area contributed by atoms with Crippen molar-refractivity contribution in [2.75, 3.05) is 49.3 Å². The van der Waals surface area contributed by atoms with Crippen LogP contribution in [0.4, 0.5) is 20.7 Å². The maximum atomic E-state index is 14.0. The quantitative estimate of drug-likeness (QED) is 0.411. The molecule has 1 N–H and O–H groups in total. The molecule has 5 rings (SSSR count). The van der Waals surface area contributed by atoms with Crippen molar-refractivity contribution in [1.82, 2.24) is 24.5 Å². The topological polar surface area (TPSA) is 92.4 Å². The molecule has 1 aliphatic heterocycles. The zero-order valence-electron chi connectivity index (χ0n) is 19.0. The molecular formula is C24H25F2N7O2. The van der Waals surface area contributed by atoms with Crippen molar-refractivity contribution in [3.8, 4) is 5.95 Å². The number of alkyl halides is 2. The molecule has 2 aromatic heterocycles. The second-order valence-corrected chi connectivity index (χ2v) is 8.06. The average Bonchev–Trinajstić information content (AvgIpc) is 3.29. The van der Waals surface area contributed by atoms with Crippen molar-refractivity contribution < 1.29 is 18.6 Å². The van der Waals surface area contributed by atoms with Gasteiger partial charge in [0, 0.05) is 26.2 Å². The monoisotopic (exact) mass is 481 g/mol. The predicted molar refractivity (Wildman–Crippen MR) is 127 cm³/mol. The highest BCUT2D eigenvalue weighted by molar-refractivity contribution is 5.77. The normalized spacial score (nSPS) is 14.1. The van der Waals surface area contributed by atoms with Crippen LogP contribution in [-0.4, -0.2) is 69.1 Å². The van der Waals surface area contributed by atoms with Gasteiger partial charge in [0.15, 0.2) is 5.82 Å². The summed E-state index contributed by atoms with van der Waals surface area (Å²) in [6.45, 7) is 2.71. The standard InChI is InChI=1S/C24H25F2N7O2/c25-20(26)21-27-18-8-4-5-9-19(18)33(21)24-29-22(31-11-14-35-15-12-31)28-23(30-24)32(10-13-34)16-17-6-2-1-3-7-17/h1-9,20,34H,10-16H2. The molecule has 4 aromatic rings. The second-order valence-electron chi connectivity index (χ2n) is 8.06. The van der Waals surface area contributed by atoms with Gasteiger partial charge in [-0.25, -0.2) is 13.8 Å². The van der Waals surface area contributed by atoms with Crippen molar-refractivity contribution in [3.63, 3.8) is 0 Å². The first-order valence-electron chi connectivity index (χ1n) is 11.4. The Labute approximate surface area is 200 Å². The van der Waals surface area contributed by atoms with Crippen molar-refractivity contribution in [1.29, 1.82) is 0 Å². The Balaban J connectivity index is 1.66. The molecule has 0 unspecified atom stereocenters. The number of hydrogen-bond donors (Lipinski definition) is 1. The fraction of sp³-hybridized carbons (Fsp3) is 0.333. The SMILES string of the molecule is OCCN(Cc1ccccc1)c1nc(N2CCOCC2)nc(-n2c(C(F)F)nc3ccccc32)n1. The molecule has 0 radical (unpaired) electrons. The Morgan fingerprint density at radius 1 is 0.914 bits per heavy atom. The number of aliphatic hydroxyl groups excluding tert-OH is 1. The predicted octanol–water partition coefficient (Wildman–Crippen LogP) is 2.98. The molecule has 35 heavy (non-hydrogen) atoms. The van der Waals surface area contributed by atoms with E-state index in [2.05, 4.69) is 19.9 Å². The van der Waals surface area contributed by atoms with E-state index in [-0.39, 0.29) is 25.0 Å². The van der Waals surface area contributed by atoms with Gasteiger partial charge in [0.2, 0.25) is 17.8 Å². The Bertz CT molecular complexity index is 1280. The van der Waals surface area contributed by atoms with E-state index in [9.17, 15) is 13.9 Å². The van der Waals surface area contributed by atoms with Crippen molar-refractivity contribution >= 4 is 22.9 Å². The molecule has 0 atom stereocenters. The summed E-state index contributed by atoms with van der Waals surface area (Å²) in [6.07, 6.45) is -2.83. The number of imidazole rings is 1. The summed E-state index contributed by atoms with van der Waals surface area (Å²) in [5.74, 6) is 0.263. The van der Waals surface area contributed by atoms with E-state index in [1.807, 2.05) is 40.1 Å². The lowest BCUT2D eigenvalue weighted by atomic mass is 10.2. The number of aliphatic hydroxyl groups is 1. The first kappa shape index (κ1) is 23.1. The van der Waals surface area contributed by atoms with Gasteiger partial charge in [0.1, 0.15) is 0 Å². The summed E-state index contributed by atoms with van der Waals surface area (Å²) < 4.78 is 34.8. The zero-order chi connectivity index (χ0) is 24.2. The highest BCUT2D eigenvalue weighted by atomic mass is 19.3. The van der Waals surface area contributed by atoms with E-state index in [4.69, 9.17) is 4.74 Å². The molecule has 0 spiro atoms. The van der Waals surface area contributed by atoms with Crippen molar-refractivity contribution in [3.05, 3.63) is 66.0 Å². The van der Waals surface area contributed by atoms with Crippen molar-refractivity contribution in [2.24, 2.45) is 0 Å². The van der Waals surface area contributed by atoms with Crippen LogP contribution in [0.5, 0.6) is 0 Å². The minimum absolute atomic E-state index is 0.0523. The number of nitrogens with zero attached hydrogens (tertiary/aromatic N) is 7. The lowest BCUT2D eigenvalue weighted by molar-refractivity contribution is 0.122. The number of ether oxygens (including phenoxy) is 1. The third-order valence-corrected chi connectivity index (χ3v) is 5.74. The summed E-state index contributed by atoms with van der Waals surface area (Å²) in [6, 6.07) is 16.6. The number of benzene rings is 2. The van der Waals surface area contributed by atoms with Crippen LogP contribution < -0.4 is 9.80 Å². The molecule has 182 valence electrons. The van der Waals surface area contributed by atoms with Gasteiger partial charge in [-0.15, -0.1) is 0 Å². The Morgan fingerprint density at radius 3 is 2.37 bits per heavy atom. The van der Waals surface area contributed by atoms with Crippen LogP contribution in [-0.2, 0) is 11.3 Å². The van der Waals surface area contributed by atoms with Gasteiger partial charge >= 0.3 is 0 Å². The van der Waals surface area contributed by atoms with Crippen LogP contribution in [0.1, 0.15) is 17.8 Å². The van der Waals surface area contributed by atoms with Gasteiger partial charge in [-0.2, -0.15) is 15.0 Å². The fourth-order valence-electron chi connectivity index (χ4n) is 4.06. The van der Waals surface area contributed by atoms with Crippen LogP contribution >= 0.6 is 0 Å². The Kier molecular flexibility index (Phi) is 6.77. The van der Waals surface area contributed by atoms with Gasteiger partial charge in [0.25, 0.3) is 6.43 Å². The third-order valence-electron chi connectivity index (χ3n) is 5.74. The largest absolute Gasteiger partial charge is 0.395 e. The molecule has 1 fully saturated rings. The number of aromatic nitrogens is 5. The van der Waals surface area contributed by atoms with E-state index < -0.39 is 12.2 Å². The number of anilines is 2. The van der Waals surface area contributed by atoms with E-state index in [0.29, 0.717) is 49.8 Å². The number of morpholine rings is 1. The highest BCUT2D eigenvalue weighted by Crippen LogP contribution is 2.28. The first-order valence-corrected chi connectivity index (χ1v) is 11.4. The number of halogens is 2. The van der Waals surface area contributed by atoms with Crippen LogP contribution in [0.3, 0.4) is 0 Å². The van der Waals surface area contributed by atoms with E-state index in [1.54, 1.807) is 24.3 Å². The van der Waals surface area contributed by atoms with Gasteiger partial charge in [0.05, 0.1) is 30.9 Å². The molecule has 1 aliphatic rings. The molecule has 0 saturated carbocycles. The molecule has 9 nitrogen and oxygen atoms in total. The summed E-state index contributed by atoms with van der Waals surface area (Å²) in [5.41, 5.74) is 1.90. The molecule has 2 aromatic carbocycles. The first-order chi connectivity index (χ1) is 17.1. The molecule has 3 heterocycles. The Hall–Kier alpha value is -3.70. The maximum Gasteiger partial charge on any atom is 0.296 e. The minimum Gasteiger partial charge on any atom is -0.395 e. The zero-order valence-corrected chi connectivity index (χ0v) is 19.0. The molecule has 0 aliphatic carbocycles. The Morgan fingerprint density at radius 2 is 1.63 bits per heavy atom. The van der Waals surface area contributed by atoms with Crippen LogP contribution in [0.15, 0.2) is 54.6 Å². The van der Waals surface area contributed by atoms with Crippen LogP contribution in [0.25, 0.3) is 17.0 Å². The molecule has 1 saturated heterocycles. The smallest absolute Gasteiger partial charge is 0.296 e. The van der Waals surface area contributed by atoms with Gasteiger partial charge in [-0.3, -0.25) is 4.57 Å². The summed E-state index contributed by atoms with van der Waals surface area (Å²) in [7, 11) is 0. The molecular weight excluding hydrogens is 456 g/mol. The minimum atomic E-state index is -2.83. The lowest BCUT2D eigenvalue weighted by Crippen LogP contribution is -2.38. The number of rotatable bonds is 8. The van der Waals surface area contributed by atoms with Gasteiger partial charge in [-0.05, 0) is 17.7 Å². The molecule has 0 bridgehead atoms. The summed E-state index contributed by atoms with van der Waals surface area (Å²) in [4.78, 5) is 21.8. The number of hydrogen-bond acceptors (Lipinski definition) is 8. The number of fused-ring (bicyclic) bond motifs is 1. The lowest BCUT2D eigenvalue weighted by Gasteiger charge is -2.29. The number of para-hydroxylation sites is 2. The summed E-state index contributed by atoms with van der Waals surface area (Å²) in [5, 5.41) is 9.75. The highest BCUT2D eigenvalue weighted by Gasteiger charge is 2.25. The fourth-order valence-corrected chi connectivity index (χ4v) is 4.06. The van der Waals surface area contributed by atoms with Crippen LogP contribution in [0.2, 0.25) is 0 Å². The van der Waals surface area contributed by atoms with Crippen molar-refractivity contribution in [2.45, 2.75) is 13.0 Å². The molecule has 11 heteroatoms. The third kappa shape index (κ3) is 4.91.